The predicted molar refractivity (Wildman–Crippen MR) is 173 cm³/mol. The van der Waals surface area contributed by atoms with E-state index in [1.54, 1.807) is 36.4 Å². The Morgan fingerprint density at radius 3 is 2.64 bits per heavy atom. The van der Waals surface area contributed by atoms with Crippen LogP contribution in [-0.2, 0) is 4.79 Å². The molecule has 2 heterocycles. The summed E-state index contributed by atoms with van der Waals surface area (Å²) in [6.45, 7) is -0.371. The minimum Gasteiger partial charge on any atom is -0.493 e. The second kappa shape index (κ2) is 12.4. The second-order valence-corrected chi connectivity index (χ2v) is 11.0. The van der Waals surface area contributed by atoms with Crippen molar-refractivity contribution in [2.75, 3.05) is 19.0 Å². The quantitative estimate of drug-likeness (QED) is 0.165. The average molecular weight is 720 g/mol. The summed E-state index contributed by atoms with van der Waals surface area (Å²) >= 11 is 7.05. The topological polar surface area (TPSA) is 108 Å². The highest BCUT2D eigenvalue weighted by Gasteiger charge is 2.20. The van der Waals surface area contributed by atoms with Gasteiger partial charge in [0.05, 0.1) is 28.7 Å². The number of fused-ring (bicyclic) bond motifs is 2. The Labute approximate surface area is 266 Å². The van der Waals surface area contributed by atoms with Gasteiger partial charge in [-0.15, -0.1) is 0 Å². The second-order valence-electron chi connectivity index (χ2n) is 9.43. The zero-order chi connectivity index (χ0) is 30.8. The fourth-order valence-electron chi connectivity index (χ4n) is 4.49. The molecule has 0 spiro atoms. The van der Waals surface area contributed by atoms with Crippen LogP contribution in [0.2, 0.25) is 0 Å². The summed E-state index contributed by atoms with van der Waals surface area (Å²) in [6, 6.07) is 23.5. The highest BCUT2D eigenvalue weighted by Crippen LogP contribution is 2.42. The van der Waals surface area contributed by atoms with Gasteiger partial charge in [0.25, 0.3) is 11.5 Å². The van der Waals surface area contributed by atoms with Crippen LogP contribution in [0.25, 0.3) is 33.5 Å². The number of nitrogens with zero attached hydrogens (tertiary/aromatic N) is 3. The minimum atomic E-state index is -0.493. The molecule has 0 aliphatic heterocycles. The molecule has 44 heavy (non-hydrogen) atoms. The number of hydrogen-bond donors (Lipinski definition) is 1. The molecule has 220 valence electrons. The molecule has 1 amide bonds. The van der Waals surface area contributed by atoms with Crippen molar-refractivity contribution in [1.82, 2.24) is 9.66 Å². The van der Waals surface area contributed by atoms with Crippen LogP contribution < -0.4 is 20.3 Å². The summed E-state index contributed by atoms with van der Waals surface area (Å²) in [5, 5.41) is 8.35. The number of rotatable bonds is 8. The first-order valence-corrected chi connectivity index (χ1v) is 14.7. The Bertz CT molecular complexity index is 2110. The Morgan fingerprint density at radius 2 is 1.84 bits per heavy atom. The smallest absolute Gasteiger partial charge is 0.282 e. The van der Waals surface area contributed by atoms with Gasteiger partial charge in [-0.05, 0) is 80.4 Å². The number of para-hydroxylation sites is 2. The normalized spacial score (nSPS) is 11.4. The minimum absolute atomic E-state index is 0.229. The number of carbonyl (C=O) groups excluding carboxylic acids is 1. The zero-order valence-corrected chi connectivity index (χ0v) is 26.1. The third-order valence-corrected chi connectivity index (χ3v) is 8.69. The molecule has 0 bridgehead atoms. The number of anilines is 1. The lowest BCUT2D eigenvalue weighted by molar-refractivity contribution is -0.118. The number of hydrogen-bond acceptors (Lipinski definition) is 7. The molecular weight excluding hydrogens is 699 g/mol. The van der Waals surface area contributed by atoms with Crippen LogP contribution in [-0.4, -0.2) is 35.5 Å². The molecule has 4 aromatic carbocycles. The molecule has 0 atom stereocenters. The Hall–Kier alpha value is -4.81. The molecule has 1 N–H and O–H groups in total. The maximum Gasteiger partial charge on any atom is 0.282 e. The molecule has 0 saturated heterocycles. The highest BCUT2D eigenvalue weighted by molar-refractivity contribution is 9.13. The Morgan fingerprint density at radius 1 is 1.05 bits per heavy atom. The number of carbonyl (C=O) groups is 1. The van der Waals surface area contributed by atoms with Crippen LogP contribution in [0.4, 0.5) is 10.1 Å². The number of benzene rings is 4. The van der Waals surface area contributed by atoms with Crippen LogP contribution >= 0.6 is 31.9 Å². The number of furan rings is 1. The van der Waals surface area contributed by atoms with Crippen molar-refractivity contribution in [3.63, 3.8) is 0 Å². The summed E-state index contributed by atoms with van der Waals surface area (Å²) in [7, 11) is 1.45. The summed E-state index contributed by atoms with van der Waals surface area (Å²) < 4.78 is 33.0. The largest absolute Gasteiger partial charge is 0.493 e. The van der Waals surface area contributed by atoms with Crippen LogP contribution in [0.1, 0.15) is 5.56 Å². The molecule has 0 unspecified atom stereocenters. The third kappa shape index (κ3) is 5.86. The molecule has 0 saturated carbocycles. The van der Waals surface area contributed by atoms with E-state index >= 15 is 0 Å². The van der Waals surface area contributed by atoms with Gasteiger partial charge >= 0.3 is 0 Å². The number of halogens is 3. The lowest BCUT2D eigenvalue weighted by atomic mass is 10.2. The van der Waals surface area contributed by atoms with Gasteiger partial charge in [0.2, 0.25) is 5.82 Å². The van der Waals surface area contributed by atoms with Crippen LogP contribution in [0, 0.1) is 5.82 Å². The first-order valence-electron chi connectivity index (χ1n) is 13.1. The number of methoxy groups -OCH3 is 1. The molecular formula is C32H21Br2FN4O5. The van der Waals surface area contributed by atoms with E-state index in [4.69, 9.17) is 18.9 Å². The standard InChI is InChI=1S/C32H21Br2FN4O5/c1-42-25-14-19(28(33)29(34)30(25)43-17-27(40)37-21-9-6-8-20(35)15-21)16-36-39-31(26-13-18-7-2-5-12-24(18)44-26)38-23-11-4-3-10-22(23)32(39)41/h2-16H,17H2,1H3,(H,37,40). The van der Waals surface area contributed by atoms with Crippen LogP contribution in [0.3, 0.4) is 0 Å². The first-order chi connectivity index (χ1) is 21.3. The van der Waals surface area contributed by atoms with E-state index in [0.717, 1.165) is 5.39 Å². The highest BCUT2D eigenvalue weighted by atomic mass is 79.9. The monoisotopic (exact) mass is 718 g/mol. The third-order valence-electron chi connectivity index (χ3n) is 6.54. The van der Waals surface area contributed by atoms with Crippen LogP contribution in [0.5, 0.6) is 11.5 Å². The Balaban J connectivity index is 1.34. The number of nitrogens with one attached hydrogen (secondary N) is 1. The predicted octanol–water partition coefficient (Wildman–Crippen LogP) is 7.38. The van der Waals surface area contributed by atoms with Crippen molar-refractivity contribution < 1.29 is 23.1 Å². The van der Waals surface area contributed by atoms with Crippen molar-refractivity contribution in [1.29, 1.82) is 0 Å². The summed E-state index contributed by atoms with van der Waals surface area (Å²) in [6.07, 6.45) is 1.47. The van der Waals surface area contributed by atoms with Crippen molar-refractivity contribution >= 4 is 71.5 Å². The molecule has 9 nitrogen and oxygen atoms in total. The lowest BCUT2D eigenvalue weighted by Gasteiger charge is -2.15. The van der Waals surface area contributed by atoms with E-state index in [-0.39, 0.29) is 23.7 Å². The molecule has 0 radical (unpaired) electrons. The van der Waals surface area contributed by atoms with Gasteiger partial charge in [-0.1, -0.05) is 36.4 Å². The fourth-order valence-corrected chi connectivity index (χ4v) is 5.42. The molecule has 0 aliphatic carbocycles. The summed E-state index contributed by atoms with van der Waals surface area (Å²) in [5.74, 6) is 0.185. The SMILES string of the molecule is COc1cc(C=Nn2c(-c3cc4ccccc4o3)nc3ccccc3c2=O)c(Br)c(Br)c1OCC(=O)Nc1cccc(F)c1. The van der Waals surface area contributed by atoms with E-state index in [9.17, 15) is 14.0 Å². The van der Waals surface area contributed by atoms with Crippen molar-refractivity contribution in [2.45, 2.75) is 0 Å². The van der Waals surface area contributed by atoms with Gasteiger partial charge in [0.1, 0.15) is 11.4 Å². The van der Waals surface area contributed by atoms with Gasteiger partial charge in [-0.25, -0.2) is 9.37 Å². The fraction of sp³-hybridized carbons (Fsp3) is 0.0625. The lowest BCUT2D eigenvalue weighted by Crippen LogP contribution is -2.21. The molecule has 0 aliphatic rings. The number of ether oxygens (including phenoxy) is 2. The van der Waals surface area contributed by atoms with E-state index in [1.807, 2.05) is 30.3 Å². The van der Waals surface area contributed by atoms with Gasteiger partial charge in [-0.2, -0.15) is 9.78 Å². The van der Waals surface area contributed by atoms with Crippen molar-refractivity contribution in [3.05, 3.63) is 116 Å². The van der Waals surface area contributed by atoms with Crippen molar-refractivity contribution in [2.24, 2.45) is 5.10 Å². The maximum absolute atomic E-state index is 13.6. The van der Waals surface area contributed by atoms with Crippen LogP contribution in [0.15, 0.2) is 108 Å². The molecule has 6 rings (SSSR count). The molecule has 2 aromatic heterocycles. The van der Waals surface area contributed by atoms with Gasteiger partial charge in [0, 0.05) is 21.1 Å². The summed E-state index contributed by atoms with van der Waals surface area (Å²) in [4.78, 5) is 30.8. The number of amides is 1. The van der Waals surface area contributed by atoms with E-state index in [0.29, 0.717) is 48.2 Å². The number of aromatic nitrogens is 2. The first kappa shape index (κ1) is 29.3. The average Bonchev–Trinajstić information content (AvgIpc) is 3.46. The maximum atomic E-state index is 13.6. The van der Waals surface area contributed by atoms with E-state index in [2.05, 4.69) is 42.3 Å². The van der Waals surface area contributed by atoms with Crippen molar-refractivity contribution in [3.8, 4) is 23.1 Å². The summed E-state index contributed by atoms with van der Waals surface area (Å²) in [5.41, 5.74) is 1.61. The molecule has 12 heteroatoms. The van der Waals surface area contributed by atoms with E-state index in [1.165, 1.54) is 36.2 Å². The molecule has 6 aromatic rings. The Kier molecular flexibility index (Phi) is 8.27. The zero-order valence-electron chi connectivity index (χ0n) is 22.9. The van der Waals surface area contributed by atoms with E-state index < -0.39 is 11.7 Å². The van der Waals surface area contributed by atoms with Gasteiger partial charge in [0.15, 0.2) is 23.9 Å². The van der Waals surface area contributed by atoms with Gasteiger partial charge < -0.3 is 19.2 Å². The van der Waals surface area contributed by atoms with Gasteiger partial charge in [-0.3, -0.25) is 9.59 Å². The molecule has 0 fully saturated rings.